The predicted octanol–water partition coefficient (Wildman–Crippen LogP) is 1.73. The lowest BCUT2D eigenvalue weighted by Crippen LogP contribution is -2.40. The third-order valence-corrected chi connectivity index (χ3v) is 2.74. The van der Waals surface area contributed by atoms with Gasteiger partial charge in [-0.25, -0.2) is 0 Å². The summed E-state index contributed by atoms with van der Waals surface area (Å²) in [7, 11) is 1.48. The van der Waals surface area contributed by atoms with Gasteiger partial charge in [-0.1, -0.05) is 29.3 Å². The standard InChI is InChI=1S/C11H13Cl2NO3/c1-17-6-7(5-15)14-11(16)10-8(12)3-2-4-9(10)13/h2-4,7,15H,5-6H2,1H3,(H,14,16). The second-order valence-corrected chi connectivity index (χ2v) is 4.22. The lowest BCUT2D eigenvalue weighted by Gasteiger charge is -2.16. The van der Waals surface area contributed by atoms with Crippen molar-refractivity contribution < 1.29 is 14.6 Å². The summed E-state index contributed by atoms with van der Waals surface area (Å²) < 4.78 is 4.85. The van der Waals surface area contributed by atoms with Crippen molar-refractivity contribution in [3.63, 3.8) is 0 Å². The van der Waals surface area contributed by atoms with Gasteiger partial charge in [-0.15, -0.1) is 0 Å². The van der Waals surface area contributed by atoms with Crippen molar-refractivity contribution in [2.75, 3.05) is 20.3 Å². The average molecular weight is 278 g/mol. The van der Waals surface area contributed by atoms with Crippen molar-refractivity contribution in [2.24, 2.45) is 0 Å². The van der Waals surface area contributed by atoms with Crippen molar-refractivity contribution >= 4 is 29.1 Å². The number of benzene rings is 1. The van der Waals surface area contributed by atoms with Gasteiger partial charge in [0.1, 0.15) is 0 Å². The summed E-state index contributed by atoms with van der Waals surface area (Å²) in [6, 6.07) is 4.32. The molecule has 0 aliphatic heterocycles. The molecule has 0 saturated heterocycles. The van der Waals surface area contributed by atoms with E-state index in [1.54, 1.807) is 18.2 Å². The van der Waals surface area contributed by atoms with Crippen LogP contribution < -0.4 is 5.32 Å². The zero-order valence-electron chi connectivity index (χ0n) is 9.24. The van der Waals surface area contributed by atoms with Crippen LogP contribution in [0.15, 0.2) is 18.2 Å². The normalized spacial score (nSPS) is 12.2. The van der Waals surface area contributed by atoms with Crippen LogP contribution in [0.25, 0.3) is 0 Å². The SMILES string of the molecule is COCC(CO)NC(=O)c1c(Cl)cccc1Cl. The molecule has 0 heterocycles. The Balaban J connectivity index is 2.82. The molecule has 1 amide bonds. The van der Waals surface area contributed by atoms with Crippen LogP contribution in [0.3, 0.4) is 0 Å². The fourth-order valence-electron chi connectivity index (χ4n) is 1.31. The van der Waals surface area contributed by atoms with Crippen molar-refractivity contribution in [1.82, 2.24) is 5.32 Å². The van der Waals surface area contributed by atoms with E-state index in [0.717, 1.165) is 0 Å². The molecule has 1 atom stereocenters. The Morgan fingerprint density at radius 3 is 2.53 bits per heavy atom. The van der Waals surface area contributed by atoms with E-state index >= 15 is 0 Å². The first-order chi connectivity index (χ1) is 8.10. The lowest BCUT2D eigenvalue weighted by atomic mass is 10.2. The molecule has 0 bridgehead atoms. The van der Waals surface area contributed by atoms with Crippen LogP contribution in [-0.4, -0.2) is 37.4 Å². The highest BCUT2D eigenvalue weighted by atomic mass is 35.5. The van der Waals surface area contributed by atoms with Crippen LogP contribution in [0, 0.1) is 0 Å². The Kier molecular flexibility index (Phi) is 5.71. The summed E-state index contributed by atoms with van der Waals surface area (Å²) in [5.74, 6) is -0.434. The summed E-state index contributed by atoms with van der Waals surface area (Å²) in [6.07, 6.45) is 0. The quantitative estimate of drug-likeness (QED) is 0.862. The van der Waals surface area contributed by atoms with Gasteiger partial charge in [-0.3, -0.25) is 4.79 Å². The number of methoxy groups -OCH3 is 1. The van der Waals surface area contributed by atoms with Crippen molar-refractivity contribution in [1.29, 1.82) is 0 Å². The first kappa shape index (κ1) is 14.3. The van der Waals surface area contributed by atoms with Gasteiger partial charge < -0.3 is 15.2 Å². The van der Waals surface area contributed by atoms with E-state index in [1.807, 2.05) is 0 Å². The van der Waals surface area contributed by atoms with E-state index in [2.05, 4.69) is 5.32 Å². The summed E-state index contributed by atoms with van der Waals surface area (Å²) in [5.41, 5.74) is 0.199. The van der Waals surface area contributed by atoms with Gasteiger partial charge in [0.25, 0.3) is 5.91 Å². The number of aliphatic hydroxyl groups is 1. The number of hydrogen-bond donors (Lipinski definition) is 2. The van der Waals surface area contributed by atoms with Crippen LogP contribution in [0.4, 0.5) is 0 Å². The molecule has 17 heavy (non-hydrogen) atoms. The number of hydrogen-bond acceptors (Lipinski definition) is 3. The van der Waals surface area contributed by atoms with Crippen LogP contribution >= 0.6 is 23.2 Å². The average Bonchev–Trinajstić information content (AvgIpc) is 2.28. The van der Waals surface area contributed by atoms with E-state index in [-0.39, 0.29) is 28.8 Å². The largest absolute Gasteiger partial charge is 0.394 e. The highest BCUT2D eigenvalue weighted by Gasteiger charge is 2.17. The molecule has 4 nitrogen and oxygen atoms in total. The first-order valence-corrected chi connectivity index (χ1v) is 5.70. The van der Waals surface area contributed by atoms with Gasteiger partial charge in [0, 0.05) is 7.11 Å². The predicted molar refractivity (Wildman–Crippen MR) is 66.7 cm³/mol. The topological polar surface area (TPSA) is 58.6 Å². The second-order valence-electron chi connectivity index (χ2n) is 3.40. The Morgan fingerprint density at radius 1 is 1.47 bits per heavy atom. The van der Waals surface area contributed by atoms with Gasteiger partial charge >= 0.3 is 0 Å². The minimum Gasteiger partial charge on any atom is -0.394 e. The van der Waals surface area contributed by atoms with E-state index in [1.165, 1.54) is 7.11 Å². The Morgan fingerprint density at radius 2 is 2.06 bits per heavy atom. The van der Waals surface area contributed by atoms with Crippen molar-refractivity contribution in [3.05, 3.63) is 33.8 Å². The third kappa shape index (κ3) is 3.85. The molecule has 1 unspecified atom stereocenters. The smallest absolute Gasteiger partial charge is 0.254 e. The summed E-state index contributed by atoms with van der Waals surface area (Å²) >= 11 is 11.8. The number of ether oxygens (including phenoxy) is 1. The van der Waals surface area contributed by atoms with Gasteiger partial charge in [0.2, 0.25) is 0 Å². The van der Waals surface area contributed by atoms with E-state index < -0.39 is 11.9 Å². The second kappa shape index (κ2) is 6.81. The molecule has 1 rings (SSSR count). The van der Waals surface area contributed by atoms with Gasteiger partial charge in [-0.05, 0) is 12.1 Å². The summed E-state index contributed by atoms with van der Waals surface area (Å²) in [5, 5.41) is 12.1. The van der Waals surface area contributed by atoms with Crippen molar-refractivity contribution in [2.45, 2.75) is 6.04 Å². The first-order valence-electron chi connectivity index (χ1n) is 4.94. The van der Waals surface area contributed by atoms with Gasteiger partial charge in [0.15, 0.2) is 0 Å². The van der Waals surface area contributed by atoms with Gasteiger partial charge in [-0.2, -0.15) is 0 Å². The molecular formula is C11H13Cl2NO3. The maximum atomic E-state index is 11.9. The maximum Gasteiger partial charge on any atom is 0.254 e. The lowest BCUT2D eigenvalue weighted by molar-refractivity contribution is 0.0840. The zero-order chi connectivity index (χ0) is 12.8. The Bertz CT molecular complexity index is 378. The highest BCUT2D eigenvalue weighted by Crippen LogP contribution is 2.23. The highest BCUT2D eigenvalue weighted by molar-refractivity contribution is 6.39. The molecule has 0 radical (unpaired) electrons. The van der Waals surface area contributed by atoms with Gasteiger partial charge in [0.05, 0.1) is 34.9 Å². The minimum absolute atomic E-state index is 0.199. The molecule has 94 valence electrons. The van der Waals surface area contributed by atoms with Crippen molar-refractivity contribution in [3.8, 4) is 0 Å². The van der Waals surface area contributed by atoms with E-state index in [4.69, 9.17) is 33.0 Å². The number of halogens is 2. The van der Waals surface area contributed by atoms with E-state index in [9.17, 15) is 4.79 Å². The van der Waals surface area contributed by atoms with Crippen LogP contribution in [0.2, 0.25) is 10.0 Å². The Hall–Kier alpha value is -0.810. The van der Waals surface area contributed by atoms with Crippen LogP contribution in [0.5, 0.6) is 0 Å². The molecule has 0 spiro atoms. The fourth-order valence-corrected chi connectivity index (χ4v) is 1.88. The number of carbonyl (C=O) groups is 1. The molecule has 0 aliphatic rings. The molecule has 0 aliphatic carbocycles. The summed E-state index contributed by atoms with van der Waals surface area (Å²) in [6.45, 7) is -0.00797. The summed E-state index contributed by atoms with van der Waals surface area (Å²) in [4.78, 5) is 11.9. The monoisotopic (exact) mass is 277 g/mol. The molecule has 0 fully saturated rings. The minimum atomic E-state index is -0.486. The number of rotatable bonds is 5. The molecule has 1 aromatic rings. The maximum absolute atomic E-state index is 11.9. The molecule has 2 N–H and O–H groups in total. The van der Waals surface area contributed by atoms with Crippen LogP contribution in [-0.2, 0) is 4.74 Å². The zero-order valence-corrected chi connectivity index (χ0v) is 10.8. The molecule has 0 aromatic heterocycles. The Labute approximate surface area is 109 Å². The number of carbonyl (C=O) groups excluding carboxylic acids is 1. The number of amides is 1. The number of aliphatic hydroxyl groups excluding tert-OH is 1. The fraction of sp³-hybridized carbons (Fsp3) is 0.364. The molecule has 0 saturated carbocycles. The molecule has 6 heteroatoms. The third-order valence-electron chi connectivity index (χ3n) is 2.11. The van der Waals surface area contributed by atoms with E-state index in [0.29, 0.717) is 0 Å². The number of nitrogens with one attached hydrogen (secondary N) is 1. The molecule has 1 aromatic carbocycles. The van der Waals surface area contributed by atoms with Crippen LogP contribution in [0.1, 0.15) is 10.4 Å². The molecular weight excluding hydrogens is 265 g/mol.